The average Bonchev–Trinajstić information content (AvgIpc) is 3.67. The third kappa shape index (κ3) is 3.65. The highest BCUT2D eigenvalue weighted by Crippen LogP contribution is 2.55. The Labute approximate surface area is 243 Å². The van der Waals surface area contributed by atoms with Crippen molar-refractivity contribution in [2.45, 2.75) is 34.6 Å². The third-order valence-corrected chi connectivity index (χ3v) is 13.8. The molecule has 0 aliphatic heterocycles. The smallest absolute Gasteiger partial charge is 0.172 e. The standard InChI is InChI=1S/C30H21FOS6/c1-12-6-8-19(33-12)23-17-10-14(3)35-27(17)28-18(24(23)20-9-7-13(2)34-20)11-21(37-28)29-30-22(16(5)36-29)25(31)26(38-30)15(4)32/h6-11H,1-5H3. The van der Waals surface area contributed by atoms with Crippen LogP contribution in [0.1, 0.15) is 36.1 Å². The molecule has 0 saturated carbocycles. The molecule has 7 aromatic rings. The fraction of sp³-hybridized carbons (Fsp3) is 0.167. The number of rotatable bonds is 4. The maximum Gasteiger partial charge on any atom is 0.172 e. The average molecular weight is 609 g/mol. The molecular weight excluding hydrogens is 588 g/mol. The Hall–Kier alpha value is -2.20. The number of Topliss-reactive ketones (excluding diaryl/α,β-unsaturated/α-hetero) is 1. The number of thiophene rings is 6. The fourth-order valence-electron chi connectivity index (χ4n) is 5.17. The second kappa shape index (κ2) is 8.91. The van der Waals surface area contributed by atoms with Crippen LogP contribution in [0.4, 0.5) is 4.39 Å². The minimum absolute atomic E-state index is 0.211. The van der Waals surface area contributed by atoms with E-state index in [1.807, 2.05) is 40.9 Å². The Bertz CT molecular complexity index is 2070. The number of hydrogen-bond donors (Lipinski definition) is 0. The van der Waals surface area contributed by atoms with Gasteiger partial charge in [-0.05, 0) is 64.1 Å². The first kappa shape index (κ1) is 24.8. The van der Waals surface area contributed by atoms with Crippen molar-refractivity contribution in [3.63, 3.8) is 0 Å². The van der Waals surface area contributed by atoms with Crippen LogP contribution in [0, 0.1) is 33.5 Å². The van der Waals surface area contributed by atoms with E-state index in [-0.39, 0.29) is 16.5 Å². The minimum Gasteiger partial charge on any atom is -0.293 e. The number of halogens is 1. The highest BCUT2D eigenvalue weighted by molar-refractivity contribution is 7.33. The van der Waals surface area contributed by atoms with E-state index in [9.17, 15) is 4.79 Å². The molecule has 0 saturated heterocycles. The van der Waals surface area contributed by atoms with Gasteiger partial charge in [0, 0.05) is 68.3 Å². The van der Waals surface area contributed by atoms with Gasteiger partial charge in [0.1, 0.15) is 4.88 Å². The van der Waals surface area contributed by atoms with Gasteiger partial charge in [-0.25, -0.2) is 4.39 Å². The summed E-state index contributed by atoms with van der Waals surface area (Å²) in [4.78, 5) is 22.0. The third-order valence-electron chi connectivity index (χ3n) is 6.76. The van der Waals surface area contributed by atoms with E-state index in [1.165, 1.54) is 73.9 Å². The molecule has 0 atom stereocenters. The van der Waals surface area contributed by atoms with Gasteiger partial charge in [-0.15, -0.1) is 68.0 Å². The zero-order chi connectivity index (χ0) is 26.5. The van der Waals surface area contributed by atoms with E-state index in [0.717, 1.165) is 19.3 Å². The predicted molar refractivity (Wildman–Crippen MR) is 171 cm³/mol. The van der Waals surface area contributed by atoms with Crippen molar-refractivity contribution in [1.82, 2.24) is 0 Å². The molecule has 0 fully saturated rings. The summed E-state index contributed by atoms with van der Waals surface area (Å²) in [5.41, 5.74) is 2.61. The number of fused-ring (bicyclic) bond motifs is 4. The van der Waals surface area contributed by atoms with Gasteiger partial charge in [-0.2, -0.15) is 0 Å². The van der Waals surface area contributed by atoms with Crippen LogP contribution in [0.15, 0.2) is 36.4 Å². The summed E-state index contributed by atoms with van der Waals surface area (Å²) >= 11 is 10.3. The highest BCUT2D eigenvalue weighted by Gasteiger charge is 2.26. The Kier molecular flexibility index (Phi) is 5.82. The SMILES string of the molecule is CC(=O)c1sc2c(-c3cc4c(-c5ccc(C)s5)c(-c5ccc(C)s5)c5cc(C)sc5c4s3)sc(C)c2c1F. The van der Waals surface area contributed by atoms with Crippen LogP contribution in [-0.4, -0.2) is 5.78 Å². The molecule has 0 unspecified atom stereocenters. The Morgan fingerprint density at radius 2 is 1.26 bits per heavy atom. The second-order valence-electron chi connectivity index (χ2n) is 9.52. The summed E-state index contributed by atoms with van der Waals surface area (Å²) in [5, 5.41) is 3.17. The lowest BCUT2D eigenvalue weighted by atomic mass is 9.96. The van der Waals surface area contributed by atoms with Gasteiger partial charge in [0.2, 0.25) is 0 Å². The Morgan fingerprint density at radius 3 is 1.84 bits per heavy atom. The normalized spacial score (nSPS) is 12.1. The zero-order valence-electron chi connectivity index (χ0n) is 21.2. The molecule has 7 rings (SSSR count). The van der Waals surface area contributed by atoms with Crippen LogP contribution in [0.25, 0.3) is 60.9 Å². The molecule has 0 aliphatic carbocycles. The molecule has 1 aromatic carbocycles. The van der Waals surface area contributed by atoms with Crippen LogP contribution < -0.4 is 0 Å². The van der Waals surface area contributed by atoms with Crippen LogP contribution in [-0.2, 0) is 0 Å². The van der Waals surface area contributed by atoms with E-state index in [1.54, 1.807) is 22.7 Å². The second-order valence-corrected chi connectivity index (χ2v) is 16.6. The predicted octanol–water partition coefficient (Wildman–Crippen LogP) is 12.1. The fourth-order valence-corrected chi connectivity index (χ4v) is 12.0. The van der Waals surface area contributed by atoms with Gasteiger partial charge >= 0.3 is 0 Å². The summed E-state index contributed by atoms with van der Waals surface area (Å²) in [7, 11) is 0. The quantitative estimate of drug-likeness (QED) is 0.182. The number of carbonyl (C=O) groups excluding carboxylic acids is 1. The van der Waals surface area contributed by atoms with Crippen LogP contribution in [0.5, 0.6) is 0 Å². The van der Waals surface area contributed by atoms with Crippen molar-refractivity contribution in [2.75, 3.05) is 0 Å². The van der Waals surface area contributed by atoms with Crippen molar-refractivity contribution in [2.24, 2.45) is 0 Å². The lowest BCUT2D eigenvalue weighted by Gasteiger charge is -2.11. The Balaban J connectivity index is 1.61. The van der Waals surface area contributed by atoms with Gasteiger partial charge in [0.05, 0.1) is 19.0 Å². The molecule has 6 heterocycles. The molecule has 0 N–H and O–H groups in total. The first-order chi connectivity index (χ1) is 18.2. The Morgan fingerprint density at radius 1 is 0.658 bits per heavy atom. The molecule has 0 radical (unpaired) electrons. The number of ketones is 1. The highest BCUT2D eigenvalue weighted by atomic mass is 32.1. The van der Waals surface area contributed by atoms with Crippen molar-refractivity contribution in [3.05, 3.63) is 66.6 Å². The molecule has 0 aliphatic rings. The van der Waals surface area contributed by atoms with E-state index in [4.69, 9.17) is 0 Å². The van der Waals surface area contributed by atoms with Gasteiger partial charge in [0.25, 0.3) is 0 Å². The first-order valence-electron chi connectivity index (χ1n) is 12.1. The van der Waals surface area contributed by atoms with E-state index >= 15 is 4.39 Å². The van der Waals surface area contributed by atoms with Gasteiger partial charge < -0.3 is 0 Å². The molecule has 8 heteroatoms. The molecule has 38 heavy (non-hydrogen) atoms. The van der Waals surface area contributed by atoms with Crippen molar-refractivity contribution in [1.29, 1.82) is 0 Å². The first-order valence-corrected chi connectivity index (χ1v) is 17.0. The molecule has 0 spiro atoms. The van der Waals surface area contributed by atoms with E-state index < -0.39 is 0 Å². The lowest BCUT2D eigenvalue weighted by molar-refractivity contribution is 0.101. The van der Waals surface area contributed by atoms with E-state index in [2.05, 4.69) is 57.2 Å². The topological polar surface area (TPSA) is 17.1 Å². The summed E-state index contributed by atoms with van der Waals surface area (Å²) in [6.45, 7) is 9.93. The molecular formula is C30H21FOS6. The van der Waals surface area contributed by atoms with Gasteiger partial charge in [-0.1, -0.05) is 0 Å². The van der Waals surface area contributed by atoms with Crippen molar-refractivity contribution < 1.29 is 9.18 Å². The van der Waals surface area contributed by atoms with Crippen molar-refractivity contribution >= 4 is 104 Å². The van der Waals surface area contributed by atoms with E-state index in [0.29, 0.717) is 5.39 Å². The number of benzene rings is 1. The van der Waals surface area contributed by atoms with Crippen molar-refractivity contribution in [3.8, 4) is 30.6 Å². The van der Waals surface area contributed by atoms with Gasteiger partial charge in [0.15, 0.2) is 11.6 Å². The monoisotopic (exact) mass is 608 g/mol. The minimum atomic E-state index is -0.361. The summed E-state index contributed by atoms with van der Waals surface area (Å²) in [6.07, 6.45) is 0. The summed E-state index contributed by atoms with van der Waals surface area (Å²) in [6, 6.07) is 13.6. The number of aryl methyl sites for hydroxylation is 4. The lowest BCUT2D eigenvalue weighted by Crippen LogP contribution is -1.90. The zero-order valence-corrected chi connectivity index (χ0v) is 26.1. The number of hydrogen-bond acceptors (Lipinski definition) is 7. The largest absolute Gasteiger partial charge is 0.293 e. The van der Waals surface area contributed by atoms with Crippen LogP contribution in [0.3, 0.4) is 0 Å². The van der Waals surface area contributed by atoms with Crippen LogP contribution in [0.2, 0.25) is 0 Å². The molecule has 190 valence electrons. The number of carbonyl (C=O) groups is 1. The van der Waals surface area contributed by atoms with Crippen LogP contribution >= 0.6 is 68.0 Å². The molecule has 1 nitrogen and oxygen atoms in total. The molecule has 0 bridgehead atoms. The molecule has 0 amide bonds. The summed E-state index contributed by atoms with van der Waals surface area (Å²) < 4.78 is 18.7. The maximum atomic E-state index is 15.2. The molecule has 6 aromatic heterocycles. The van der Waals surface area contributed by atoms with Gasteiger partial charge in [-0.3, -0.25) is 4.79 Å². The maximum absolute atomic E-state index is 15.2. The summed E-state index contributed by atoms with van der Waals surface area (Å²) in [5.74, 6) is -0.572.